The molecular formula is C19H14Cl2FN5O. The van der Waals surface area contributed by atoms with E-state index in [-0.39, 0.29) is 18.3 Å². The fourth-order valence-electron chi connectivity index (χ4n) is 2.87. The monoisotopic (exact) mass is 417 g/mol. The van der Waals surface area contributed by atoms with Crippen molar-refractivity contribution in [3.63, 3.8) is 0 Å². The third-order valence-corrected chi connectivity index (χ3v) is 4.88. The smallest absolute Gasteiger partial charge is 0.254 e. The minimum absolute atomic E-state index is 0.193. The summed E-state index contributed by atoms with van der Waals surface area (Å²) in [5, 5.41) is 7.92. The first kappa shape index (κ1) is 18.5. The molecule has 0 radical (unpaired) electrons. The number of halogens is 3. The van der Waals surface area contributed by atoms with E-state index in [1.54, 1.807) is 42.1 Å². The van der Waals surface area contributed by atoms with Gasteiger partial charge in [0.15, 0.2) is 0 Å². The van der Waals surface area contributed by atoms with E-state index < -0.39 is 0 Å². The quantitative estimate of drug-likeness (QED) is 0.542. The number of aromatic nitrogens is 4. The molecule has 0 spiro atoms. The van der Waals surface area contributed by atoms with Gasteiger partial charge in [-0.15, -0.1) is 0 Å². The lowest BCUT2D eigenvalue weighted by atomic mass is 10.3. The fraction of sp³-hybridized carbons (Fsp3) is 0.105. The molecule has 9 heteroatoms. The SMILES string of the molecule is Cn1c(CNC(=O)c2cnn(-c3ccc(Cl)cc3Cl)c2)nc2ccc(F)cc21. The van der Waals surface area contributed by atoms with Crippen LogP contribution in [0.3, 0.4) is 0 Å². The van der Waals surface area contributed by atoms with Crippen molar-refractivity contribution in [2.75, 3.05) is 0 Å². The van der Waals surface area contributed by atoms with Crippen LogP contribution in [0, 0.1) is 5.82 Å². The van der Waals surface area contributed by atoms with Gasteiger partial charge in [-0.3, -0.25) is 4.79 Å². The summed E-state index contributed by atoms with van der Waals surface area (Å²) in [6, 6.07) is 9.39. The summed E-state index contributed by atoms with van der Waals surface area (Å²) in [6.07, 6.45) is 3.03. The van der Waals surface area contributed by atoms with Crippen molar-refractivity contribution in [1.29, 1.82) is 0 Å². The van der Waals surface area contributed by atoms with Crippen molar-refractivity contribution >= 4 is 40.1 Å². The lowest BCUT2D eigenvalue weighted by Crippen LogP contribution is -2.24. The van der Waals surface area contributed by atoms with Crippen molar-refractivity contribution in [3.8, 4) is 5.69 Å². The second-order valence-corrected chi connectivity index (χ2v) is 7.02. The molecular weight excluding hydrogens is 404 g/mol. The van der Waals surface area contributed by atoms with Crippen LogP contribution in [0.2, 0.25) is 10.0 Å². The highest BCUT2D eigenvalue weighted by molar-refractivity contribution is 6.35. The summed E-state index contributed by atoms with van der Waals surface area (Å²) < 4.78 is 16.7. The lowest BCUT2D eigenvalue weighted by molar-refractivity contribution is 0.0949. The third kappa shape index (κ3) is 3.46. The molecule has 0 saturated heterocycles. The molecule has 6 nitrogen and oxygen atoms in total. The van der Waals surface area contributed by atoms with Crippen LogP contribution in [0.25, 0.3) is 16.7 Å². The van der Waals surface area contributed by atoms with Gasteiger partial charge in [-0.25, -0.2) is 14.1 Å². The molecule has 0 fully saturated rings. The number of carbonyl (C=O) groups is 1. The second kappa shape index (κ2) is 7.26. The Morgan fingerprint density at radius 2 is 2.04 bits per heavy atom. The molecule has 0 bridgehead atoms. The molecule has 2 aromatic heterocycles. The number of rotatable bonds is 4. The number of fused-ring (bicyclic) bond motifs is 1. The van der Waals surface area contributed by atoms with Gasteiger partial charge >= 0.3 is 0 Å². The number of imidazole rings is 1. The molecule has 4 aromatic rings. The average molecular weight is 418 g/mol. The first-order valence-corrected chi connectivity index (χ1v) is 9.07. The fourth-order valence-corrected chi connectivity index (χ4v) is 3.37. The zero-order valence-corrected chi connectivity index (χ0v) is 16.2. The number of aryl methyl sites for hydroxylation is 1. The number of hydrogen-bond donors (Lipinski definition) is 1. The summed E-state index contributed by atoms with van der Waals surface area (Å²) in [7, 11) is 1.77. The summed E-state index contributed by atoms with van der Waals surface area (Å²) in [6.45, 7) is 0.193. The molecule has 0 aliphatic heterocycles. The number of hydrogen-bond acceptors (Lipinski definition) is 3. The van der Waals surface area contributed by atoms with Crippen molar-refractivity contribution in [2.24, 2.45) is 7.05 Å². The Hall–Kier alpha value is -2.90. The van der Waals surface area contributed by atoms with E-state index in [2.05, 4.69) is 15.4 Å². The highest BCUT2D eigenvalue weighted by atomic mass is 35.5. The highest BCUT2D eigenvalue weighted by Crippen LogP contribution is 2.24. The number of nitrogens with one attached hydrogen (secondary N) is 1. The standard InChI is InChI=1S/C19H14Cl2FN5O/c1-26-17-7-13(22)3-4-15(17)25-18(26)9-23-19(28)11-8-24-27(10-11)16-5-2-12(20)6-14(16)21/h2-8,10H,9H2,1H3,(H,23,28). The molecule has 4 rings (SSSR count). The van der Waals surface area contributed by atoms with E-state index in [4.69, 9.17) is 23.2 Å². The molecule has 2 aromatic carbocycles. The van der Waals surface area contributed by atoms with Gasteiger partial charge in [0.2, 0.25) is 0 Å². The minimum Gasteiger partial charge on any atom is -0.345 e. The molecule has 0 aliphatic carbocycles. The Morgan fingerprint density at radius 1 is 1.21 bits per heavy atom. The number of nitrogens with zero attached hydrogens (tertiary/aromatic N) is 4. The van der Waals surface area contributed by atoms with Crippen LogP contribution >= 0.6 is 23.2 Å². The Balaban J connectivity index is 1.50. The Labute approximate surface area is 169 Å². The van der Waals surface area contributed by atoms with E-state index in [1.807, 2.05) is 0 Å². The summed E-state index contributed by atoms with van der Waals surface area (Å²) >= 11 is 12.1. The second-order valence-electron chi connectivity index (χ2n) is 6.17. The van der Waals surface area contributed by atoms with Gasteiger partial charge < -0.3 is 9.88 Å². The molecule has 0 aliphatic rings. The molecule has 1 amide bonds. The maximum absolute atomic E-state index is 13.4. The molecule has 0 saturated carbocycles. The molecule has 2 heterocycles. The van der Waals surface area contributed by atoms with Crippen molar-refractivity contribution in [1.82, 2.24) is 24.6 Å². The van der Waals surface area contributed by atoms with E-state index in [0.29, 0.717) is 38.2 Å². The first-order valence-electron chi connectivity index (χ1n) is 8.31. The van der Waals surface area contributed by atoms with Crippen molar-refractivity contribution in [3.05, 3.63) is 76.0 Å². The van der Waals surface area contributed by atoms with Gasteiger partial charge in [0.05, 0.1) is 40.0 Å². The third-order valence-electron chi connectivity index (χ3n) is 4.34. The lowest BCUT2D eigenvalue weighted by Gasteiger charge is -2.05. The van der Waals surface area contributed by atoms with Crippen LogP contribution in [-0.2, 0) is 13.6 Å². The normalized spacial score (nSPS) is 11.1. The van der Waals surface area contributed by atoms with Gasteiger partial charge in [-0.2, -0.15) is 5.10 Å². The van der Waals surface area contributed by atoms with E-state index in [9.17, 15) is 9.18 Å². The molecule has 142 valence electrons. The Bertz CT molecular complexity index is 1200. The first-order chi connectivity index (χ1) is 13.4. The van der Waals surface area contributed by atoms with Crippen LogP contribution in [0.15, 0.2) is 48.8 Å². The number of benzene rings is 2. The van der Waals surface area contributed by atoms with Crippen molar-refractivity contribution in [2.45, 2.75) is 6.54 Å². The zero-order valence-electron chi connectivity index (χ0n) is 14.7. The van der Waals surface area contributed by atoms with Crippen LogP contribution in [0.4, 0.5) is 4.39 Å². The van der Waals surface area contributed by atoms with Crippen LogP contribution in [0.5, 0.6) is 0 Å². The largest absolute Gasteiger partial charge is 0.345 e. The Kier molecular flexibility index (Phi) is 4.78. The van der Waals surface area contributed by atoms with E-state index in [1.165, 1.54) is 23.0 Å². The predicted octanol–water partition coefficient (Wildman–Crippen LogP) is 4.13. The minimum atomic E-state index is -0.334. The predicted molar refractivity (Wildman–Crippen MR) is 105 cm³/mol. The topological polar surface area (TPSA) is 64.7 Å². The van der Waals surface area contributed by atoms with Gasteiger partial charge in [-0.05, 0) is 36.4 Å². The van der Waals surface area contributed by atoms with Gasteiger partial charge in [0, 0.05) is 18.3 Å². The maximum Gasteiger partial charge on any atom is 0.254 e. The van der Waals surface area contributed by atoms with E-state index in [0.717, 1.165) is 0 Å². The van der Waals surface area contributed by atoms with E-state index >= 15 is 0 Å². The Morgan fingerprint density at radius 3 is 2.82 bits per heavy atom. The molecule has 28 heavy (non-hydrogen) atoms. The van der Waals surface area contributed by atoms with Crippen molar-refractivity contribution < 1.29 is 9.18 Å². The maximum atomic E-state index is 13.4. The van der Waals surface area contributed by atoms with Gasteiger partial charge in [0.25, 0.3) is 5.91 Å². The zero-order chi connectivity index (χ0) is 19.8. The molecule has 1 N–H and O–H groups in total. The molecule has 0 unspecified atom stereocenters. The average Bonchev–Trinajstić information content (AvgIpc) is 3.26. The van der Waals surface area contributed by atoms with Gasteiger partial charge in [-0.1, -0.05) is 23.2 Å². The van der Waals surface area contributed by atoms with Crippen LogP contribution < -0.4 is 5.32 Å². The highest BCUT2D eigenvalue weighted by Gasteiger charge is 2.14. The molecule has 0 atom stereocenters. The van der Waals surface area contributed by atoms with Gasteiger partial charge in [0.1, 0.15) is 11.6 Å². The van der Waals surface area contributed by atoms with Crippen LogP contribution in [-0.4, -0.2) is 25.2 Å². The van der Waals surface area contributed by atoms with Crippen LogP contribution in [0.1, 0.15) is 16.2 Å². The summed E-state index contributed by atoms with van der Waals surface area (Å²) in [5.41, 5.74) is 2.31. The summed E-state index contributed by atoms with van der Waals surface area (Å²) in [5.74, 6) is -0.0315. The number of amides is 1. The number of carbonyl (C=O) groups excluding carboxylic acids is 1. The summed E-state index contributed by atoms with van der Waals surface area (Å²) in [4.78, 5) is 16.9.